The summed E-state index contributed by atoms with van der Waals surface area (Å²) in [6.07, 6.45) is 0. The van der Waals surface area contributed by atoms with Crippen LogP contribution >= 0.6 is 0 Å². The molecule has 0 saturated heterocycles. The fourth-order valence-corrected chi connectivity index (χ4v) is 2.59. The van der Waals surface area contributed by atoms with Gasteiger partial charge in [-0.3, -0.25) is 9.00 Å². The summed E-state index contributed by atoms with van der Waals surface area (Å²) in [5.41, 5.74) is 5.51. The molecule has 0 saturated carbocycles. The highest BCUT2D eigenvalue weighted by molar-refractivity contribution is 7.85. The van der Waals surface area contributed by atoms with Gasteiger partial charge in [-0.2, -0.15) is 0 Å². The minimum Gasteiger partial charge on any atom is -0.330 e. The molecule has 6 heteroatoms. The number of para-hydroxylation sites is 1. The molecule has 2 atom stereocenters. The summed E-state index contributed by atoms with van der Waals surface area (Å²) in [6.45, 7) is 2.30. The highest BCUT2D eigenvalue weighted by Crippen LogP contribution is 2.12. The number of rotatable bonds is 6. The van der Waals surface area contributed by atoms with Crippen molar-refractivity contribution in [1.82, 2.24) is 0 Å². The second kappa shape index (κ2) is 7.23. The molecule has 3 N–H and O–H groups in total. The van der Waals surface area contributed by atoms with Crippen LogP contribution in [0.4, 0.5) is 10.1 Å². The summed E-state index contributed by atoms with van der Waals surface area (Å²) in [4.78, 5) is 11.5. The molecule has 0 aromatic heterocycles. The first-order valence-corrected chi connectivity index (χ1v) is 7.11. The molecule has 2 unspecified atom stereocenters. The SMILES string of the molecule is CC(CN)CS(=O)CC(=O)Nc1ccccc1F. The third-order valence-electron chi connectivity index (χ3n) is 2.31. The van der Waals surface area contributed by atoms with Crippen LogP contribution < -0.4 is 11.1 Å². The van der Waals surface area contributed by atoms with Gasteiger partial charge in [-0.25, -0.2) is 4.39 Å². The summed E-state index contributed by atoms with van der Waals surface area (Å²) >= 11 is 0. The first-order valence-electron chi connectivity index (χ1n) is 5.62. The molecule has 100 valence electrons. The fraction of sp³-hybridized carbons (Fsp3) is 0.417. The van der Waals surface area contributed by atoms with Crippen LogP contribution in [-0.2, 0) is 15.6 Å². The normalized spacial score (nSPS) is 13.9. The van der Waals surface area contributed by atoms with Crippen molar-refractivity contribution in [2.75, 3.05) is 23.4 Å². The molecular weight excluding hydrogens is 255 g/mol. The molecule has 0 heterocycles. The molecule has 1 amide bonds. The Labute approximate surface area is 108 Å². The Balaban J connectivity index is 2.47. The molecule has 0 radical (unpaired) electrons. The second-order valence-corrected chi connectivity index (χ2v) is 5.62. The van der Waals surface area contributed by atoms with E-state index in [9.17, 15) is 13.4 Å². The summed E-state index contributed by atoms with van der Waals surface area (Å²) < 4.78 is 24.8. The molecular formula is C12H17FN2O2S. The number of hydrogen-bond acceptors (Lipinski definition) is 3. The second-order valence-electron chi connectivity index (χ2n) is 4.12. The minimum atomic E-state index is -1.27. The Bertz CT molecular complexity index is 440. The van der Waals surface area contributed by atoms with Crippen LogP contribution in [0.25, 0.3) is 0 Å². The zero-order valence-corrected chi connectivity index (χ0v) is 11.0. The smallest absolute Gasteiger partial charge is 0.237 e. The van der Waals surface area contributed by atoms with Crippen LogP contribution in [0.1, 0.15) is 6.92 Å². The number of halogens is 1. The number of nitrogens with one attached hydrogen (secondary N) is 1. The van der Waals surface area contributed by atoms with Gasteiger partial charge in [0.1, 0.15) is 11.6 Å². The van der Waals surface area contributed by atoms with Crippen LogP contribution in [0, 0.1) is 11.7 Å². The monoisotopic (exact) mass is 272 g/mol. The predicted octanol–water partition coefficient (Wildman–Crippen LogP) is 1.11. The van der Waals surface area contributed by atoms with Gasteiger partial charge in [0.05, 0.1) is 5.69 Å². The van der Waals surface area contributed by atoms with Gasteiger partial charge >= 0.3 is 0 Å². The average Bonchev–Trinajstić information content (AvgIpc) is 2.31. The van der Waals surface area contributed by atoms with Gasteiger partial charge in [-0.15, -0.1) is 0 Å². The van der Waals surface area contributed by atoms with E-state index in [1.807, 2.05) is 6.92 Å². The lowest BCUT2D eigenvalue weighted by Gasteiger charge is -2.09. The number of carbonyl (C=O) groups is 1. The Morgan fingerprint density at radius 2 is 2.17 bits per heavy atom. The van der Waals surface area contributed by atoms with Gasteiger partial charge in [0.25, 0.3) is 0 Å². The Morgan fingerprint density at radius 3 is 2.78 bits per heavy atom. The van der Waals surface area contributed by atoms with Crippen molar-refractivity contribution in [2.24, 2.45) is 11.7 Å². The van der Waals surface area contributed by atoms with Gasteiger partial charge in [0.2, 0.25) is 5.91 Å². The molecule has 1 rings (SSSR count). The number of anilines is 1. The highest BCUT2D eigenvalue weighted by atomic mass is 32.2. The molecule has 0 aliphatic heterocycles. The van der Waals surface area contributed by atoms with Crippen molar-refractivity contribution < 1.29 is 13.4 Å². The largest absolute Gasteiger partial charge is 0.330 e. The van der Waals surface area contributed by atoms with E-state index in [0.717, 1.165) is 0 Å². The zero-order chi connectivity index (χ0) is 13.5. The van der Waals surface area contributed by atoms with Gasteiger partial charge in [0.15, 0.2) is 0 Å². The molecule has 4 nitrogen and oxygen atoms in total. The Kier molecular flexibility index (Phi) is 5.94. The molecule has 0 fully saturated rings. The summed E-state index contributed by atoms with van der Waals surface area (Å²) in [5, 5.41) is 2.39. The highest BCUT2D eigenvalue weighted by Gasteiger charge is 2.12. The quantitative estimate of drug-likeness (QED) is 0.814. The maximum atomic E-state index is 13.2. The number of amides is 1. The molecule has 1 aromatic carbocycles. The van der Waals surface area contributed by atoms with E-state index >= 15 is 0 Å². The van der Waals surface area contributed by atoms with E-state index in [1.165, 1.54) is 18.2 Å². The van der Waals surface area contributed by atoms with Crippen molar-refractivity contribution in [1.29, 1.82) is 0 Å². The Morgan fingerprint density at radius 1 is 1.50 bits per heavy atom. The first-order chi connectivity index (χ1) is 8.52. The van der Waals surface area contributed by atoms with Crippen molar-refractivity contribution >= 4 is 22.4 Å². The molecule has 0 aliphatic carbocycles. The summed E-state index contributed by atoms with van der Waals surface area (Å²) in [5.74, 6) is -0.624. The zero-order valence-electron chi connectivity index (χ0n) is 10.2. The first kappa shape index (κ1) is 14.8. The van der Waals surface area contributed by atoms with Crippen LogP contribution in [0.2, 0.25) is 0 Å². The summed E-state index contributed by atoms with van der Waals surface area (Å²) in [6, 6.07) is 5.86. The van der Waals surface area contributed by atoms with Crippen LogP contribution in [0.15, 0.2) is 24.3 Å². The topological polar surface area (TPSA) is 72.2 Å². The molecule has 0 bridgehead atoms. The van der Waals surface area contributed by atoms with E-state index in [1.54, 1.807) is 6.07 Å². The van der Waals surface area contributed by atoms with Gasteiger partial charge in [-0.05, 0) is 24.6 Å². The van der Waals surface area contributed by atoms with E-state index in [-0.39, 0.29) is 17.4 Å². The van der Waals surface area contributed by atoms with Gasteiger partial charge in [-0.1, -0.05) is 19.1 Å². The third-order valence-corrected chi connectivity index (χ3v) is 3.84. The van der Waals surface area contributed by atoms with Crippen LogP contribution in [0.5, 0.6) is 0 Å². The predicted molar refractivity (Wildman–Crippen MR) is 71.1 cm³/mol. The minimum absolute atomic E-state index is 0.103. The maximum Gasteiger partial charge on any atom is 0.237 e. The number of carbonyl (C=O) groups excluding carboxylic acids is 1. The van der Waals surface area contributed by atoms with Gasteiger partial charge < -0.3 is 11.1 Å². The summed E-state index contributed by atoms with van der Waals surface area (Å²) in [7, 11) is -1.27. The molecule has 0 spiro atoms. The van der Waals surface area contributed by atoms with E-state index in [0.29, 0.717) is 12.3 Å². The number of benzene rings is 1. The Hall–Kier alpha value is -1.27. The van der Waals surface area contributed by atoms with E-state index in [4.69, 9.17) is 5.73 Å². The van der Waals surface area contributed by atoms with E-state index in [2.05, 4.69) is 5.32 Å². The van der Waals surface area contributed by atoms with Crippen LogP contribution in [-0.4, -0.2) is 28.2 Å². The molecule has 18 heavy (non-hydrogen) atoms. The van der Waals surface area contributed by atoms with Crippen molar-refractivity contribution in [3.8, 4) is 0 Å². The number of nitrogens with two attached hydrogens (primary N) is 1. The standard InChI is InChI=1S/C12H17FN2O2S/c1-9(6-14)7-18(17)8-12(16)15-11-5-3-2-4-10(11)13/h2-5,9H,6-8,14H2,1H3,(H,15,16). The lowest BCUT2D eigenvalue weighted by molar-refractivity contribution is -0.113. The molecule has 0 aliphatic rings. The van der Waals surface area contributed by atoms with Gasteiger partial charge in [0, 0.05) is 16.6 Å². The average molecular weight is 272 g/mol. The maximum absolute atomic E-state index is 13.2. The lowest BCUT2D eigenvalue weighted by Crippen LogP contribution is -2.25. The van der Waals surface area contributed by atoms with Crippen LogP contribution in [0.3, 0.4) is 0 Å². The van der Waals surface area contributed by atoms with E-state index < -0.39 is 22.5 Å². The van der Waals surface area contributed by atoms with Crippen molar-refractivity contribution in [3.05, 3.63) is 30.1 Å². The fourth-order valence-electron chi connectivity index (χ4n) is 1.34. The third kappa shape index (κ3) is 4.93. The van der Waals surface area contributed by atoms with Crippen molar-refractivity contribution in [2.45, 2.75) is 6.92 Å². The van der Waals surface area contributed by atoms with Crippen molar-refractivity contribution in [3.63, 3.8) is 0 Å². The molecule has 1 aromatic rings. The lowest BCUT2D eigenvalue weighted by atomic mass is 10.2. The number of hydrogen-bond donors (Lipinski definition) is 2.